The van der Waals surface area contributed by atoms with Gasteiger partial charge in [-0.05, 0) is 29.7 Å². The second kappa shape index (κ2) is 7.89. The zero-order valence-electron chi connectivity index (χ0n) is 12.4. The molecule has 1 atom stereocenters. The highest BCUT2D eigenvalue weighted by Gasteiger charge is 2.21. The molecule has 0 aliphatic carbocycles. The van der Waals surface area contributed by atoms with Gasteiger partial charge in [-0.3, -0.25) is 9.59 Å². The first kappa shape index (κ1) is 17.2. The minimum atomic E-state index is -1.11. The van der Waals surface area contributed by atoms with E-state index >= 15 is 0 Å². The van der Waals surface area contributed by atoms with Crippen LogP contribution in [-0.2, 0) is 22.4 Å². The van der Waals surface area contributed by atoms with Gasteiger partial charge in [-0.2, -0.15) is 0 Å². The molecular formula is C17H18O5S. The van der Waals surface area contributed by atoms with Crippen LogP contribution in [-0.4, -0.2) is 33.9 Å². The Morgan fingerprint density at radius 1 is 1.04 bits per heavy atom. The lowest BCUT2D eigenvalue weighted by atomic mass is 9.95. The van der Waals surface area contributed by atoms with Gasteiger partial charge in [-0.1, -0.05) is 24.3 Å². The number of carboxylic acids is 2. The third kappa shape index (κ3) is 4.91. The molecule has 0 radical (unpaired) electrons. The molecule has 1 aromatic carbocycles. The average molecular weight is 334 g/mol. The number of aliphatic carboxylic acids is 2. The summed E-state index contributed by atoms with van der Waals surface area (Å²) in [6.45, 7) is 0.124. The molecule has 0 aliphatic heterocycles. The summed E-state index contributed by atoms with van der Waals surface area (Å²) in [6, 6.07) is 11.5. The number of rotatable bonds is 8. The Morgan fingerprint density at radius 3 is 2.30 bits per heavy atom. The lowest BCUT2D eigenvalue weighted by Gasteiger charge is -2.10. The Balaban J connectivity index is 2.08. The van der Waals surface area contributed by atoms with Crippen molar-refractivity contribution < 1.29 is 24.9 Å². The van der Waals surface area contributed by atoms with E-state index in [1.54, 1.807) is 11.3 Å². The second-order valence-corrected chi connectivity index (χ2v) is 6.44. The van der Waals surface area contributed by atoms with E-state index in [9.17, 15) is 9.59 Å². The molecular weight excluding hydrogens is 316 g/mol. The van der Waals surface area contributed by atoms with Crippen LogP contribution in [0.15, 0.2) is 36.4 Å². The van der Waals surface area contributed by atoms with Crippen LogP contribution in [0.1, 0.15) is 16.9 Å². The largest absolute Gasteiger partial charge is 0.481 e. The topological polar surface area (TPSA) is 94.8 Å². The van der Waals surface area contributed by atoms with Crippen LogP contribution >= 0.6 is 11.3 Å². The van der Waals surface area contributed by atoms with E-state index in [0.717, 1.165) is 20.9 Å². The smallest absolute Gasteiger partial charge is 0.307 e. The van der Waals surface area contributed by atoms with E-state index in [-0.39, 0.29) is 19.4 Å². The normalized spacial score (nSPS) is 12.0. The number of hydrogen-bond donors (Lipinski definition) is 3. The fraction of sp³-hybridized carbons (Fsp3) is 0.294. The fourth-order valence-electron chi connectivity index (χ4n) is 2.32. The van der Waals surface area contributed by atoms with E-state index in [4.69, 9.17) is 15.3 Å². The molecule has 0 spiro atoms. The maximum Gasteiger partial charge on any atom is 0.307 e. The van der Waals surface area contributed by atoms with Crippen LogP contribution < -0.4 is 0 Å². The van der Waals surface area contributed by atoms with Crippen molar-refractivity contribution in [3.8, 4) is 10.4 Å². The number of hydrogen-bond acceptors (Lipinski definition) is 4. The van der Waals surface area contributed by atoms with Gasteiger partial charge in [0, 0.05) is 22.8 Å². The highest BCUT2D eigenvalue weighted by atomic mass is 32.1. The molecule has 0 aliphatic rings. The average Bonchev–Trinajstić information content (AvgIpc) is 2.96. The first-order chi connectivity index (χ1) is 11.0. The quantitative estimate of drug-likeness (QED) is 0.690. The predicted molar refractivity (Wildman–Crippen MR) is 87.6 cm³/mol. The molecule has 1 heterocycles. The van der Waals surface area contributed by atoms with Crippen LogP contribution in [0.5, 0.6) is 0 Å². The summed E-state index contributed by atoms with van der Waals surface area (Å²) in [5.74, 6) is -3.12. The zero-order chi connectivity index (χ0) is 16.8. The minimum absolute atomic E-state index is 0.124. The van der Waals surface area contributed by atoms with Crippen LogP contribution in [0.4, 0.5) is 0 Å². The molecule has 3 N–H and O–H groups in total. The molecule has 6 heteroatoms. The van der Waals surface area contributed by atoms with Gasteiger partial charge in [-0.25, -0.2) is 0 Å². The van der Waals surface area contributed by atoms with E-state index in [1.807, 2.05) is 36.4 Å². The third-order valence-electron chi connectivity index (χ3n) is 3.51. The Labute approximate surface area is 137 Å². The van der Waals surface area contributed by atoms with Crippen molar-refractivity contribution >= 4 is 23.3 Å². The SMILES string of the molecule is O=C(O)C[C@H](Cc1ccc(-c2ccc(CCO)s2)cc1)C(=O)O. The zero-order valence-corrected chi connectivity index (χ0v) is 13.3. The Morgan fingerprint density at radius 2 is 1.74 bits per heavy atom. The molecule has 0 unspecified atom stereocenters. The number of carboxylic acid groups (broad SMARTS) is 2. The number of thiophene rings is 1. The standard InChI is InChI=1S/C17H18O5S/c18-8-7-14-5-6-15(23-14)12-3-1-11(2-4-12)9-13(17(21)22)10-16(19)20/h1-6,13,18H,7-10H2,(H,19,20)(H,21,22)/t13-/m0/s1. The first-order valence-electron chi connectivity index (χ1n) is 7.23. The molecule has 23 heavy (non-hydrogen) atoms. The number of benzene rings is 1. The maximum atomic E-state index is 11.1. The summed E-state index contributed by atoms with van der Waals surface area (Å²) >= 11 is 1.61. The lowest BCUT2D eigenvalue weighted by Crippen LogP contribution is -2.20. The van der Waals surface area contributed by atoms with E-state index in [1.165, 1.54) is 0 Å². The fourth-order valence-corrected chi connectivity index (χ4v) is 3.33. The molecule has 0 amide bonds. The number of aliphatic hydroxyl groups is 1. The predicted octanol–water partition coefficient (Wildman–Crippen LogP) is 2.67. The van der Waals surface area contributed by atoms with Crippen molar-refractivity contribution in [3.05, 3.63) is 46.8 Å². The Bertz CT molecular complexity index is 675. The van der Waals surface area contributed by atoms with E-state index in [2.05, 4.69) is 0 Å². The second-order valence-electron chi connectivity index (χ2n) is 5.27. The highest BCUT2D eigenvalue weighted by Crippen LogP contribution is 2.29. The van der Waals surface area contributed by atoms with Crippen LogP contribution in [0, 0.1) is 5.92 Å². The van der Waals surface area contributed by atoms with Gasteiger partial charge in [0.1, 0.15) is 0 Å². The van der Waals surface area contributed by atoms with Crippen molar-refractivity contribution in [1.29, 1.82) is 0 Å². The summed E-state index contributed by atoms with van der Waals surface area (Å²) in [4.78, 5) is 24.0. The molecule has 0 saturated heterocycles. The van der Waals surface area contributed by atoms with Crippen molar-refractivity contribution in [2.75, 3.05) is 6.61 Å². The molecule has 1 aromatic heterocycles. The van der Waals surface area contributed by atoms with Gasteiger partial charge in [0.05, 0.1) is 12.3 Å². The van der Waals surface area contributed by atoms with Crippen molar-refractivity contribution in [2.45, 2.75) is 19.3 Å². The van der Waals surface area contributed by atoms with Gasteiger partial charge >= 0.3 is 11.9 Å². The maximum absolute atomic E-state index is 11.1. The first-order valence-corrected chi connectivity index (χ1v) is 8.04. The molecule has 2 rings (SSSR count). The van der Waals surface area contributed by atoms with Crippen molar-refractivity contribution in [2.24, 2.45) is 5.92 Å². The van der Waals surface area contributed by atoms with Gasteiger partial charge < -0.3 is 15.3 Å². The molecule has 5 nitrogen and oxygen atoms in total. The monoisotopic (exact) mass is 334 g/mol. The van der Waals surface area contributed by atoms with Gasteiger partial charge in [0.25, 0.3) is 0 Å². The lowest BCUT2D eigenvalue weighted by molar-refractivity contribution is -0.148. The van der Waals surface area contributed by atoms with E-state index < -0.39 is 17.9 Å². The molecule has 0 bridgehead atoms. The van der Waals surface area contributed by atoms with Gasteiger partial charge in [-0.15, -0.1) is 11.3 Å². The van der Waals surface area contributed by atoms with Crippen LogP contribution in [0.25, 0.3) is 10.4 Å². The van der Waals surface area contributed by atoms with Crippen molar-refractivity contribution in [3.63, 3.8) is 0 Å². The summed E-state index contributed by atoms with van der Waals surface area (Å²) in [5.41, 5.74) is 1.82. The molecule has 0 fully saturated rings. The molecule has 0 saturated carbocycles. The minimum Gasteiger partial charge on any atom is -0.481 e. The summed E-state index contributed by atoms with van der Waals surface area (Å²) in [5, 5.41) is 26.8. The third-order valence-corrected chi connectivity index (χ3v) is 4.70. The van der Waals surface area contributed by atoms with Gasteiger partial charge in [0.2, 0.25) is 0 Å². The highest BCUT2D eigenvalue weighted by molar-refractivity contribution is 7.15. The summed E-state index contributed by atoms with van der Waals surface area (Å²) < 4.78 is 0. The summed E-state index contributed by atoms with van der Waals surface area (Å²) in [7, 11) is 0. The Kier molecular flexibility index (Phi) is 5.90. The van der Waals surface area contributed by atoms with Crippen LogP contribution in [0.3, 0.4) is 0 Å². The van der Waals surface area contributed by atoms with Gasteiger partial charge in [0.15, 0.2) is 0 Å². The molecule has 2 aromatic rings. The Hall–Kier alpha value is -2.18. The number of carbonyl (C=O) groups is 2. The molecule has 122 valence electrons. The van der Waals surface area contributed by atoms with E-state index in [0.29, 0.717) is 6.42 Å². The van der Waals surface area contributed by atoms with Crippen LogP contribution in [0.2, 0.25) is 0 Å². The van der Waals surface area contributed by atoms with Crippen molar-refractivity contribution in [1.82, 2.24) is 0 Å². The number of aliphatic hydroxyl groups excluding tert-OH is 1. The summed E-state index contributed by atoms with van der Waals surface area (Å²) in [6.07, 6.45) is 0.451.